The van der Waals surface area contributed by atoms with Gasteiger partial charge in [-0.1, -0.05) is 12.1 Å². The molecule has 1 aliphatic heterocycles. The summed E-state index contributed by atoms with van der Waals surface area (Å²) in [7, 11) is 0. The summed E-state index contributed by atoms with van der Waals surface area (Å²) in [5.41, 5.74) is 1.95. The largest absolute Gasteiger partial charge is 0.329 e. The Kier molecular flexibility index (Phi) is 3.29. The Morgan fingerprint density at radius 2 is 2.05 bits per heavy atom. The van der Waals surface area contributed by atoms with Gasteiger partial charge in [0.25, 0.3) is 5.69 Å². The second kappa shape index (κ2) is 5.12. The number of nitro groups is 1. The highest BCUT2D eigenvalue weighted by Gasteiger charge is 2.35. The molecule has 2 aliphatic rings. The Balaban J connectivity index is 2.07. The van der Waals surface area contributed by atoms with Crippen LogP contribution >= 0.6 is 0 Å². The summed E-state index contributed by atoms with van der Waals surface area (Å²) in [4.78, 5) is 34.5. The van der Waals surface area contributed by atoms with Gasteiger partial charge in [0.1, 0.15) is 0 Å². The molecule has 1 aromatic carbocycles. The maximum Gasteiger partial charge on any atom is 0.269 e. The first-order valence-corrected chi connectivity index (χ1v) is 6.86. The molecule has 0 saturated carbocycles. The standard InChI is InChI=1S/C15H14N2O4/c18-13-6-2-5-12-15(13)11(8-14(19)16-12)9-3-1-4-10(7-9)17(20)21/h1,3-4,7,11H,2,5-6,8H2,(H,16,19)/t11-/m1/s1. The molecule has 0 aromatic heterocycles. The fourth-order valence-corrected chi connectivity index (χ4v) is 3.04. The SMILES string of the molecule is O=C1C[C@H](c2cccc([N+](=O)[O-])c2)C2=C(CCCC2=O)N1. The van der Waals surface area contributed by atoms with Gasteiger partial charge in [0.15, 0.2) is 5.78 Å². The number of allylic oxidation sites excluding steroid dienone is 2. The number of nitro benzene ring substituents is 1. The average molecular weight is 286 g/mol. The molecular weight excluding hydrogens is 272 g/mol. The van der Waals surface area contributed by atoms with E-state index < -0.39 is 4.92 Å². The van der Waals surface area contributed by atoms with E-state index in [1.54, 1.807) is 12.1 Å². The van der Waals surface area contributed by atoms with Crippen LogP contribution in [0.5, 0.6) is 0 Å². The number of benzene rings is 1. The highest BCUT2D eigenvalue weighted by atomic mass is 16.6. The molecule has 6 nitrogen and oxygen atoms in total. The second-order valence-electron chi connectivity index (χ2n) is 5.33. The highest BCUT2D eigenvalue weighted by molar-refractivity contribution is 6.01. The number of hydrogen-bond acceptors (Lipinski definition) is 4. The molecule has 1 aromatic rings. The first-order chi connectivity index (χ1) is 10.1. The molecule has 1 aliphatic carbocycles. The third-order valence-electron chi connectivity index (χ3n) is 3.97. The van der Waals surface area contributed by atoms with Gasteiger partial charge in [-0.3, -0.25) is 19.7 Å². The normalized spacial score (nSPS) is 21.8. The van der Waals surface area contributed by atoms with Crippen molar-refractivity contribution in [3.05, 3.63) is 51.2 Å². The van der Waals surface area contributed by atoms with Crippen LogP contribution in [0.2, 0.25) is 0 Å². The van der Waals surface area contributed by atoms with Gasteiger partial charge in [0.2, 0.25) is 5.91 Å². The van der Waals surface area contributed by atoms with Gasteiger partial charge in [0.05, 0.1) is 4.92 Å². The van der Waals surface area contributed by atoms with E-state index in [9.17, 15) is 19.7 Å². The summed E-state index contributed by atoms with van der Waals surface area (Å²) in [6.45, 7) is 0. The fraction of sp³-hybridized carbons (Fsp3) is 0.333. The van der Waals surface area contributed by atoms with Gasteiger partial charge < -0.3 is 5.32 Å². The van der Waals surface area contributed by atoms with Crippen LogP contribution in [-0.2, 0) is 9.59 Å². The van der Waals surface area contributed by atoms with Crippen molar-refractivity contribution in [2.24, 2.45) is 0 Å². The smallest absolute Gasteiger partial charge is 0.269 e. The van der Waals surface area contributed by atoms with Gasteiger partial charge in [0, 0.05) is 42.2 Å². The number of rotatable bonds is 2. The molecule has 1 amide bonds. The zero-order valence-corrected chi connectivity index (χ0v) is 11.3. The molecule has 0 radical (unpaired) electrons. The second-order valence-corrected chi connectivity index (χ2v) is 5.33. The summed E-state index contributed by atoms with van der Waals surface area (Å²) in [6, 6.07) is 6.19. The number of ketones is 1. The minimum absolute atomic E-state index is 0.0242. The zero-order chi connectivity index (χ0) is 15.0. The number of amides is 1. The maximum atomic E-state index is 12.2. The number of carbonyl (C=O) groups is 2. The molecule has 1 N–H and O–H groups in total. The van der Waals surface area contributed by atoms with Gasteiger partial charge in [-0.15, -0.1) is 0 Å². The molecule has 108 valence electrons. The van der Waals surface area contributed by atoms with E-state index in [0.29, 0.717) is 29.7 Å². The number of non-ortho nitro benzene ring substituents is 1. The van der Waals surface area contributed by atoms with E-state index in [4.69, 9.17) is 0 Å². The Hall–Kier alpha value is -2.50. The fourth-order valence-electron chi connectivity index (χ4n) is 3.04. The topological polar surface area (TPSA) is 89.3 Å². The van der Waals surface area contributed by atoms with Crippen molar-refractivity contribution < 1.29 is 14.5 Å². The van der Waals surface area contributed by atoms with Crippen LogP contribution in [0.3, 0.4) is 0 Å². The van der Waals surface area contributed by atoms with Gasteiger partial charge >= 0.3 is 0 Å². The van der Waals surface area contributed by atoms with Crippen molar-refractivity contribution >= 4 is 17.4 Å². The average Bonchev–Trinajstić information content (AvgIpc) is 2.46. The molecule has 0 bridgehead atoms. The van der Waals surface area contributed by atoms with Crippen LogP contribution in [0.25, 0.3) is 0 Å². The van der Waals surface area contributed by atoms with Crippen molar-refractivity contribution in [2.45, 2.75) is 31.6 Å². The number of nitrogens with one attached hydrogen (secondary N) is 1. The van der Waals surface area contributed by atoms with Crippen LogP contribution in [-0.4, -0.2) is 16.6 Å². The van der Waals surface area contributed by atoms with E-state index in [0.717, 1.165) is 6.42 Å². The Morgan fingerprint density at radius 1 is 1.24 bits per heavy atom. The minimum Gasteiger partial charge on any atom is -0.329 e. The molecule has 0 fully saturated rings. The highest BCUT2D eigenvalue weighted by Crippen LogP contribution is 2.38. The summed E-state index contributed by atoms with van der Waals surface area (Å²) < 4.78 is 0. The first kappa shape index (κ1) is 13.5. The lowest BCUT2D eigenvalue weighted by molar-refractivity contribution is -0.384. The lowest BCUT2D eigenvalue weighted by Crippen LogP contribution is -2.36. The summed E-state index contributed by atoms with van der Waals surface area (Å²) in [5, 5.41) is 13.7. The monoisotopic (exact) mass is 286 g/mol. The molecule has 1 atom stereocenters. The predicted octanol–water partition coefficient (Wildman–Crippen LogP) is 2.21. The number of carbonyl (C=O) groups excluding carboxylic acids is 2. The van der Waals surface area contributed by atoms with Gasteiger partial charge in [-0.25, -0.2) is 0 Å². The molecule has 21 heavy (non-hydrogen) atoms. The molecule has 0 spiro atoms. The van der Waals surface area contributed by atoms with E-state index in [1.165, 1.54) is 12.1 Å². The van der Waals surface area contributed by atoms with Crippen LogP contribution in [0, 0.1) is 10.1 Å². The summed E-state index contributed by atoms with van der Waals surface area (Å²) >= 11 is 0. The number of Topliss-reactive ketones (excluding diaryl/α,β-unsaturated/α-hetero) is 1. The van der Waals surface area contributed by atoms with Crippen LogP contribution in [0.1, 0.15) is 37.2 Å². The van der Waals surface area contributed by atoms with Gasteiger partial charge in [-0.2, -0.15) is 0 Å². The van der Waals surface area contributed by atoms with Gasteiger partial charge in [-0.05, 0) is 18.4 Å². The lowest BCUT2D eigenvalue weighted by atomic mass is 9.78. The van der Waals surface area contributed by atoms with E-state index in [-0.39, 0.29) is 29.7 Å². The third kappa shape index (κ3) is 2.44. The molecule has 0 unspecified atom stereocenters. The molecule has 3 rings (SSSR count). The molecule has 1 heterocycles. The minimum atomic E-state index is -0.468. The predicted molar refractivity (Wildman–Crippen MR) is 74.5 cm³/mol. The van der Waals surface area contributed by atoms with E-state index in [1.807, 2.05) is 0 Å². The van der Waals surface area contributed by atoms with Crippen LogP contribution in [0.4, 0.5) is 5.69 Å². The van der Waals surface area contributed by atoms with E-state index >= 15 is 0 Å². The van der Waals surface area contributed by atoms with Crippen molar-refractivity contribution in [2.75, 3.05) is 0 Å². The maximum absolute atomic E-state index is 12.2. The van der Waals surface area contributed by atoms with Crippen molar-refractivity contribution in [3.63, 3.8) is 0 Å². The lowest BCUT2D eigenvalue weighted by Gasteiger charge is -2.31. The van der Waals surface area contributed by atoms with Crippen LogP contribution < -0.4 is 5.32 Å². The Labute approximate surface area is 121 Å². The quantitative estimate of drug-likeness (QED) is 0.666. The summed E-state index contributed by atoms with van der Waals surface area (Å²) in [5.74, 6) is -0.478. The Morgan fingerprint density at radius 3 is 2.81 bits per heavy atom. The first-order valence-electron chi connectivity index (χ1n) is 6.86. The van der Waals surface area contributed by atoms with Crippen molar-refractivity contribution in [1.29, 1.82) is 0 Å². The molecule has 0 saturated heterocycles. The summed E-state index contributed by atoms with van der Waals surface area (Å²) in [6.07, 6.45) is 2.05. The third-order valence-corrected chi connectivity index (χ3v) is 3.97. The molecular formula is C15H14N2O4. The van der Waals surface area contributed by atoms with Crippen molar-refractivity contribution in [1.82, 2.24) is 5.32 Å². The van der Waals surface area contributed by atoms with E-state index in [2.05, 4.69) is 5.32 Å². The molecule has 6 heteroatoms. The zero-order valence-electron chi connectivity index (χ0n) is 11.3. The Bertz CT molecular complexity index is 678. The number of hydrogen-bond donors (Lipinski definition) is 1. The van der Waals surface area contributed by atoms with Crippen molar-refractivity contribution in [3.8, 4) is 0 Å². The van der Waals surface area contributed by atoms with Crippen LogP contribution in [0.15, 0.2) is 35.5 Å². The number of nitrogens with zero attached hydrogens (tertiary/aromatic N) is 1.